The number of carbonyl (C=O) groups excluding carboxylic acids is 3. The van der Waals surface area contributed by atoms with Gasteiger partial charge in [0.2, 0.25) is 0 Å². The Morgan fingerprint density at radius 3 is 2.03 bits per heavy atom. The molecule has 190 valence electrons. The van der Waals surface area contributed by atoms with E-state index in [9.17, 15) is 14.4 Å². The van der Waals surface area contributed by atoms with Crippen LogP contribution in [0.4, 0.5) is 5.69 Å². The molecule has 0 spiro atoms. The Bertz CT molecular complexity index is 1510. The van der Waals surface area contributed by atoms with E-state index in [-0.39, 0.29) is 11.8 Å². The summed E-state index contributed by atoms with van der Waals surface area (Å²) in [5.41, 5.74) is 5.58. The van der Waals surface area contributed by atoms with E-state index in [1.807, 2.05) is 97.1 Å². The molecule has 0 aromatic heterocycles. The van der Waals surface area contributed by atoms with Gasteiger partial charge in [0.1, 0.15) is 5.54 Å². The molecule has 0 fully saturated rings. The summed E-state index contributed by atoms with van der Waals surface area (Å²) in [5, 5.41) is 2.94. The molecule has 0 saturated heterocycles. The molecule has 6 nitrogen and oxygen atoms in total. The van der Waals surface area contributed by atoms with Gasteiger partial charge in [-0.3, -0.25) is 9.59 Å². The molecule has 6 heteroatoms. The number of rotatable bonds is 6. The molecule has 1 aliphatic heterocycles. The van der Waals surface area contributed by atoms with Gasteiger partial charge < -0.3 is 15.0 Å². The van der Waals surface area contributed by atoms with Gasteiger partial charge in [0.15, 0.2) is 0 Å². The van der Waals surface area contributed by atoms with Gasteiger partial charge in [-0.05, 0) is 72.0 Å². The minimum absolute atomic E-state index is 0.186. The van der Waals surface area contributed by atoms with Gasteiger partial charge in [-0.15, -0.1) is 0 Å². The van der Waals surface area contributed by atoms with Crippen LogP contribution in [-0.4, -0.2) is 35.3 Å². The Kier molecular flexibility index (Phi) is 6.55. The average molecular weight is 505 g/mol. The highest BCUT2D eigenvalue weighted by atomic mass is 16.5. The number of fused-ring (bicyclic) bond motifs is 1. The van der Waals surface area contributed by atoms with Crippen LogP contribution < -0.4 is 5.32 Å². The standard InChI is InChI=1S/C32H28N2O4/c1-32(2,31(37)38-3)34-20-26-14-13-25(19-28(26)30(34)36)23-15-17-27(18-16-23)33-29(35)24-11-9-22(10-12-24)21-7-5-4-6-8-21/h4-19H,20H2,1-3H3,(H,33,35). The summed E-state index contributed by atoms with van der Waals surface area (Å²) in [7, 11) is 1.32. The fourth-order valence-electron chi connectivity index (χ4n) is 4.69. The van der Waals surface area contributed by atoms with Gasteiger partial charge in [0.05, 0.1) is 7.11 Å². The van der Waals surface area contributed by atoms with E-state index in [2.05, 4.69) is 5.32 Å². The molecule has 0 unspecified atom stereocenters. The quantitative estimate of drug-likeness (QED) is 0.318. The van der Waals surface area contributed by atoms with E-state index in [1.54, 1.807) is 13.8 Å². The van der Waals surface area contributed by atoms with E-state index in [4.69, 9.17) is 4.74 Å². The Balaban J connectivity index is 1.28. The summed E-state index contributed by atoms with van der Waals surface area (Å²) >= 11 is 0. The minimum Gasteiger partial charge on any atom is -0.467 e. The Morgan fingerprint density at radius 2 is 1.37 bits per heavy atom. The molecule has 0 radical (unpaired) electrons. The molecular weight excluding hydrogens is 476 g/mol. The molecule has 1 heterocycles. The van der Waals surface area contributed by atoms with E-state index >= 15 is 0 Å². The second-order valence-corrected chi connectivity index (χ2v) is 9.79. The number of methoxy groups -OCH3 is 1. The largest absolute Gasteiger partial charge is 0.467 e. The molecule has 0 bridgehead atoms. The highest BCUT2D eigenvalue weighted by Gasteiger charge is 2.43. The molecule has 38 heavy (non-hydrogen) atoms. The fourth-order valence-corrected chi connectivity index (χ4v) is 4.69. The van der Waals surface area contributed by atoms with Crippen molar-refractivity contribution in [2.24, 2.45) is 0 Å². The molecule has 4 aromatic carbocycles. The lowest BCUT2D eigenvalue weighted by Gasteiger charge is -2.32. The number of carbonyl (C=O) groups is 3. The monoisotopic (exact) mass is 504 g/mol. The van der Waals surface area contributed by atoms with E-state index in [1.165, 1.54) is 12.0 Å². The molecule has 1 aliphatic rings. The normalized spacial score (nSPS) is 12.7. The Labute approximate surface area is 221 Å². The number of ether oxygens (including phenoxy) is 1. The third-order valence-electron chi connectivity index (χ3n) is 7.00. The number of nitrogens with one attached hydrogen (secondary N) is 1. The van der Waals surface area contributed by atoms with Gasteiger partial charge in [0.25, 0.3) is 11.8 Å². The predicted octanol–water partition coefficient (Wildman–Crippen LogP) is 6.18. The first-order valence-corrected chi connectivity index (χ1v) is 12.4. The van der Waals surface area contributed by atoms with Crippen LogP contribution in [0.3, 0.4) is 0 Å². The summed E-state index contributed by atoms with van der Waals surface area (Å²) in [6, 6.07) is 30.8. The third kappa shape index (κ3) is 4.68. The highest BCUT2D eigenvalue weighted by Crippen LogP contribution is 2.33. The number of esters is 1. The second kappa shape index (κ2) is 9.98. The Morgan fingerprint density at radius 1 is 0.789 bits per heavy atom. The molecule has 2 amide bonds. The van der Waals surface area contributed by atoms with E-state index in [0.717, 1.165) is 27.8 Å². The van der Waals surface area contributed by atoms with Gasteiger partial charge >= 0.3 is 5.97 Å². The molecule has 0 saturated carbocycles. The number of hydrogen-bond acceptors (Lipinski definition) is 4. The molecule has 4 aromatic rings. The van der Waals surface area contributed by atoms with Gasteiger partial charge in [0, 0.05) is 23.4 Å². The van der Waals surface area contributed by atoms with Crippen molar-refractivity contribution in [3.8, 4) is 22.3 Å². The van der Waals surface area contributed by atoms with Crippen molar-refractivity contribution >= 4 is 23.5 Å². The first-order valence-electron chi connectivity index (χ1n) is 12.4. The lowest BCUT2D eigenvalue weighted by molar-refractivity contribution is -0.151. The zero-order valence-corrected chi connectivity index (χ0v) is 21.5. The lowest BCUT2D eigenvalue weighted by atomic mass is 10.00. The maximum atomic E-state index is 13.1. The first-order chi connectivity index (χ1) is 18.3. The molecular formula is C32H28N2O4. The summed E-state index contributed by atoms with van der Waals surface area (Å²) in [6.45, 7) is 3.73. The molecule has 0 atom stereocenters. The van der Waals surface area contributed by atoms with Crippen molar-refractivity contribution in [2.45, 2.75) is 25.9 Å². The van der Waals surface area contributed by atoms with Crippen LogP contribution in [-0.2, 0) is 16.1 Å². The first kappa shape index (κ1) is 25.0. The SMILES string of the molecule is COC(=O)C(C)(C)N1Cc2ccc(-c3ccc(NC(=O)c4ccc(-c5ccccc5)cc4)cc3)cc2C1=O. The minimum atomic E-state index is -1.06. The van der Waals surface area contributed by atoms with Crippen LogP contribution in [0.25, 0.3) is 22.3 Å². The maximum absolute atomic E-state index is 13.1. The second-order valence-electron chi connectivity index (χ2n) is 9.79. The average Bonchev–Trinajstić information content (AvgIpc) is 3.30. The van der Waals surface area contributed by atoms with Crippen molar-refractivity contribution in [2.75, 3.05) is 12.4 Å². The highest BCUT2D eigenvalue weighted by molar-refractivity contribution is 6.05. The van der Waals surface area contributed by atoms with Gasteiger partial charge in [-0.25, -0.2) is 4.79 Å². The summed E-state index contributed by atoms with van der Waals surface area (Å²) < 4.78 is 4.90. The lowest BCUT2D eigenvalue weighted by Crippen LogP contribution is -2.50. The van der Waals surface area contributed by atoms with Crippen LogP contribution in [0.15, 0.2) is 97.1 Å². The molecule has 1 N–H and O–H groups in total. The number of benzene rings is 4. The number of amides is 2. The maximum Gasteiger partial charge on any atom is 0.331 e. The van der Waals surface area contributed by atoms with Crippen LogP contribution in [0.2, 0.25) is 0 Å². The summed E-state index contributed by atoms with van der Waals surface area (Å²) in [5.74, 6) is -0.836. The topological polar surface area (TPSA) is 75.7 Å². The fraction of sp³-hybridized carbons (Fsp3) is 0.156. The number of hydrogen-bond donors (Lipinski definition) is 1. The summed E-state index contributed by atoms with van der Waals surface area (Å²) in [6.07, 6.45) is 0. The van der Waals surface area contributed by atoms with Gasteiger partial charge in [-0.1, -0.05) is 66.7 Å². The summed E-state index contributed by atoms with van der Waals surface area (Å²) in [4.78, 5) is 39.7. The smallest absolute Gasteiger partial charge is 0.331 e. The van der Waals surface area contributed by atoms with Crippen LogP contribution in [0, 0.1) is 0 Å². The van der Waals surface area contributed by atoms with Crippen molar-refractivity contribution in [1.29, 1.82) is 0 Å². The molecule has 0 aliphatic carbocycles. The van der Waals surface area contributed by atoms with Gasteiger partial charge in [-0.2, -0.15) is 0 Å². The zero-order valence-electron chi connectivity index (χ0n) is 21.5. The van der Waals surface area contributed by atoms with Crippen molar-refractivity contribution in [3.63, 3.8) is 0 Å². The third-order valence-corrected chi connectivity index (χ3v) is 7.00. The number of anilines is 1. The van der Waals surface area contributed by atoms with Crippen LogP contribution in [0.1, 0.15) is 40.1 Å². The zero-order chi connectivity index (χ0) is 26.9. The van der Waals surface area contributed by atoms with Crippen molar-refractivity contribution in [1.82, 2.24) is 4.90 Å². The predicted molar refractivity (Wildman–Crippen MR) is 148 cm³/mol. The molecule has 5 rings (SSSR count). The Hall–Kier alpha value is -4.71. The van der Waals surface area contributed by atoms with Crippen molar-refractivity contribution in [3.05, 3.63) is 114 Å². The van der Waals surface area contributed by atoms with Crippen LogP contribution >= 0.6 is 0 Å². The van der Waals surface area contributed by atoms with E-state index in [0.29, 0.717) is 23.4 Å². The number of nitrogens with zero attached hydrogens (tertiary/aromatic N) is 1. The van der Waals surface area contributed by atoms with Crippen molar-refractivity contribution < 1.29 is 19.1 Å². The van der Waals surface area contributed by atoms with E-state index < -0.39 is 11.5 Å². The van der Waals surface area contributed by atoms with Crippen LogP contribution in [0.5, 0.6) is 0 Å².